The molecular formula is C12H25N3. The first-order valence-electron chi connectivity index (χ1n) is 6.60. The molecule has 0 radical (unpaired) electrons. The van der Waals surface area contributed by atoms with Crippen LogP contribution in [0.5, 0.6) is 0 Å². The maximum absolute atomic E-state index is 3.40. The monoisotopic (exact) mass is 211 g/mol. The van der Waals surface area contributed by atoms with E-state index in [1.165, 1.54) is 78.0 Å². The fourth-order valence-corrected chi connectivity index (χ4v) is 2.61. The Labute approximate surface area is 93.8 Å². The first-order chi connectivity index (χ1) is 7.45. The molecule has 15 heavy (non-hydrogen) atoms. The summed E-state index contributed by atoms with van der Waals surface area (Å²) >= 11 is 0. The molecule has 0 aromatic carbocycles. The molecule has 2 aliphatic heterocycles. The summed E-state index contributed by atoms with van der Waals surface area (Å²) in [7, 11) is 0. The van der Waals surface area contributed by atoms with E-state index in [0.29, 0.717) is 0 Å². The van der Waals surface area contributed by atoms with E-state index in [1.54, 1.807) is 0 Å². The Morgan fingerprint density at radius 3 is 1.87 bits per heavy atom. The van der Waals surface area contributed by atoms with E-state index in [4.69, 9.17) is 0 Å². The second kappa shape index (κ2) is 6.46. The van der Waals surface area contributed by atoms with E-state index < -0.39 is 0 Å². The van der Waals surface area contributed by atoms with Gasteiger partial charge in [0.15, 0.2) is 0 Å². The molecule has 0 aromatic heterocycles. The molecule has 2 heterocycles. The Hall–Kier alpha value is -0.120. The van der Waals surface area contributed by atoms with Gasteiger partial charge in [-0.2, -0.15) is 0 Å². The first kappa shape index (κ1) is 11.4. The predicted octanol–water partition coefficient (Wildman–Crippen LogP) is 0.768. The highest BCUT2D eigenvalue weighted by Crippen LogP contribution is 2.08. The van der Waals surface area contributed by atoms with Crippen LogP contribution in [0.15, 0.2) is 0 Å². The summed E-state index contributed by atoms with van der Waals surface area (Å²) in [4.78, 5) is 5.22. The summed E-state index contributed by atoms with van der Waals surface area (Å²) in [5, 5.41) is 3.40. The maximum atomic E-state index is 3.40. The number of hydrogen-bond donors (Lipinski definition) is 1. The van der Waals surface area contributed by atoms with Crippen LogP contribution < -0.4 is 5.32 Å². The van der Waals surface area contributed by atoms with Gasteiger partial charge in [-0.3, -0.25) is 0 Å². The van der Waals surface area contributed by atoms with Crippen LogP contribution >= 0.6 is 0 Å². The highest BCUT2D eigenvalue weighted by atomic mass is 15.2. The van der Waals surface area contributed by atoms with Crippen molar-refractivity contribution >= 4 is 0 Å². The van der Waals surface area contributed by atoms with Crippen molar-refractivity contribution in [2.24, 2.45) is 0 Å². The average molecular weight is 211 g/mol. The van der Waals surface area contributed by atoms with Crippen molar-refractivity contribution < 1.29 is 0 Å². The molecule has 0 atom stereocenters. The van der Waals surface area contributed by atoms with Crippen LogP contribution in [-0.2, 0) is 0 Å². The van der Waals surface area contributed by atoms with Crippen LogP contribution in [-0.4, -0.2) is 62.2 Å². The fourth-order valence-electron chi connectivity index (χ4n) is 2.61. The van der Waals surface area contributed by atoms with Gasteiger partial charge in [0.25, 0.3) is 0 Å². The molecule has 0 aliphatic carbocycles. The number of hydrogen-bond acceptors (Lipinski definition) is 3. The molecule has 0 saturated carbocycles. The first-order valence-corrected chi connectivity index (χ1v) is 6.60. The molecular weight excluding hydrogens is 186 g/mol. The second-order valence-electron chi connectivity index (χ2n) is 4.85. The summed E-state index contributed by atoms with van der Waals surface area (Å²) < 4.78 is 0. The van der Waals surface area contributed by atoms with Gasteiger partial charge in [0.05, 0.1) is 0 Å². The van der Waals surface area contributed by atoms with Gasteiger partial charge < -0.3 is 15.1 Å². The van der Waals surface area contributed by atoms with Gasteiger partial charge in [-0.1, -0.05) is 0 Å². The zero-order valence-electron chi connectivity index (χ0n) is 9.88. The molecule has 2 aliphatic rings. The number of unbranched alkanes of at least 4 members (excludes halogenated alkanes) is 1. The summed E-state index contributed by atoms with van der Waals surface area (Å²) in [5.41, 5.74) is 0. The molecule has 2 rings (SSSR count). The lowest BCUT2D eigenvalue weighted by Crippen LogP contribution is -2.43. The van der Waals surface area contributed by atoms with Gasteiger partial charge in [0.1, 0.15) is 0 Å². The van der Waals surface area contributed by atoms with Crippen LogP contribution in [0.25, 0.3) is 0 Å². The summed E-state index contributed by atoms with van der Waals surface area (Å²) in [5.74, 6) is 0. The number of piperazine rings is 1. The van der Waals surface area contributed by atoms with Crippen molar-refractivity contribution in [3.05, 3.63) is 0 Å². The number of nitrogens with one attached hydrogen (secondary N) is 1. The lowest BCUT2D eigenvalue weighted by molar-refractivity contribution is 0.230. The molecule has 0 amide bonds. The van der Waals surface area contributed by atoms with E-state index in [9.17, 15) is 0 Å². The largest absolute Gasteiger partial charge is 0.314 e. The highest BCUT2D eigenvalue weighted by molar-refractivity contribution is 4.69. The van der Waals surface area contributed by atoms with Crippen molar-refractivity contribution in [1.29, 1.82) is 0 Å². The molecule has 88 valence electrons. The average Bonchev–Trinajstić information content (AvgIpc) is 2.79. The van der Waals surface area contributed by atoms with Crippen molar-refractivity contribution in [2.45, 2.75) is 25.7 Å². The minimum Gasteiger partial charge on any atom is -0.314 e. The third-order valence-electron chi connectivity index (χ3n) is 3.61. The van der Waals surface area contributed by atoms with E-state index in [0.717, 1.165) is 0 Å². The van der Waals surface area contributed by atoms with E-state index in [2.05, 4.69) is 15.1 Å². The molecule has 0 spiro atoms. The van der Waals surface area contributed by atoms with Crippen molar-refractivity contribution in [3.8, 4) is 0 Å². The third kappa shape index (κ3) is 4.09. The number of rotatable bonds is 5. The Morgan fingerprint density at radius 2 is 1.27 bits per heavy atom. The van der Waals surface area contributed by atoms with Gasteiger partial charge in [-0.05, 0) is 51.9 Å². The predicted molar refractivity (Wildman–Crippen MR) is 64.2 cm³/mol. The van der Waals surface area contributed by atoms with Crippen molar-refractivity contribution in [1.82, 2.24) is 15.1 Å². The van der Waals surface area contributed by atoms with Gasteiger partial charge in [0, 0.05) is 26.2 Å². The zero-order valence-corrected chi connectivity index (χ0v) is 9.88. The van der Waals surface area contributed by atoms with Gasteiger partial charge >= 0.3 is 0 Å². The van der Waals surface area contributed by atoms with Crippen LogP contribution in [0, 0.1) is 0 Å². The molecule has 3 nitrogen and oxygen atoms in total. The lowest BCUT2D eigenvalue weighted by atomic mass is 10.2. The highest BCUT2D eigenvalue weighted by Gasteiger charge is 2.11. The lowest BCUT2D eigenvalue weighted by Gasteiger charge is -2.27. The minimum absolute atomic E-state index is 1.19. The Morgan fingerprint density at radius 1 is 0.733 bits per heavy atom. The van der Waals surface area contributed by atoms with Crippen molar-refractivity contribution in [3.63, 3.8) is 0 Å². The topological polar surface area (TPSA) is 18.5 Å². The molecule has 0 bridgehead atoms. The molecule has 1 N–H and O–H groups in total. The standard InChI is InChI=1S/C12H25N3/c1-2-8-14(7-1)9-3-4-10-15-11-5-13-6-12-15/h13H,1-12H2. The van der Waals surface area contributed by atoms with E-state index in [1.807, 2.05) is 0 Å². The van der Waals surface area contributed by atoms with Gasteiger partial charge in [-0.15, -0.1) is 0 Å². The SMILES string of the molecule is C1CCN(CCCCN2CCNCC2)C1. The van der Waals surface area contributed by atoms with E-state index in [-0.39, 0.29) is 0 Å². The molecule has 0 aromatic rings. The summed E-state index contributed by atoms with van der Waals surface area (Å²) in [6.07, 6.45) is 5.63. The van der Waals surface area contributed by atoms with Crippen LogP contribution in [0.2, 0.25) is 0 Å². The zero-order chi connectivity index (χ0) is 10.3. The van der Waals surface area contributed by atoms with E-state index >= 15 is 0 Å². The number of nitrogens with zero attached hydrogens (tertiary/aromatic N) is 2. The number of likely N-dealkylation sites (tertiary alicyclic amines) is 1. The van der Waals surface area contributed by atoms with Gasteiger partial charge in [0.2, 0.25) is 0 Å². The Bertz CT molecular complexity index is 160. The molecule has 2 saturated heterocycles. The Kier molecular flexibility index (Phi) is 4.90. The summed E-state index contributed by atoms with van der Waals surface area (Å²) in [6.45, 7) is 10.2. The van der Waals surface area contributed by atoms with Gasteiger partial charge in [-0.25, -0.2) is 0 Å². The van der Waals surface area contributed by atoms with Crippen LogP contribution in [0.1, 0.15) is 25.7 Å². The maximum Gasteiger partial charge on any atom is 0.0107 e. The van der Waals surface area contributed by atoms with Crippen molar-refractivity contribution in [2.75, 3.05) is 52.4 Å². The molecule has 2 fully saturated rings. The second-order valence-corrected chi connectivity index (χ2v) is 4.85. The quantitative estimate of drug-likeness (QED) is 0.678. The fraction of sp³-hybridized carbons (Fsp3) is 1.00. The smallest absolute Gasteiger partial charge is 0.0107 e. The summed E-state index contributed by atoms with van der Waals surface area (Å²) in [6, 6.07) is 0. The minimum atomic E-state index is 1.19. The molecule has 3 heteroatoms. The van der Waals surface area contributed by atoms with Crippen LogP contribution in [0.3, 0.4) is 0 Å². The normalized spacial score (nSPS) is 24.8. The Balaban J connectivity index is 1.47. The molecule has 0 unspecified atom stereocenters. The third-order valence-corrected chi connectivity index (χ3v) is 3.61. The van der Waals surface area contributed by atoms with Crippen LogP contribution in [0.4, 0.5) is 0 Å².